The summed E-state index contributed by atoms with van der Waals surface area (Å²) in [6, 6.07) is 8.09. The van der Waals surface area contributed by atoms with Gasteiger partial charge in [0.25, 0.3) is 0 Å². The molecule has 0 saturated heterocycles. The monoisotopic (exact) mass is 236 g/mol. The van der Waals surface area contributed by atoms with Gasteiger partial charge < -0.3 is 15.7 Å². The molecule has 2 rings (SSSR count). The topological polar surface area (TPSA) is 44.3 Å². The average Bonchev–Trinajstić information content (AvgIpc) is 2.68. The van der Waals surface area contributed by atoms with E-state index in [0.717, 1.165) is 17.1 Å². The summed E-state index contributed by atoms with van der Waals surface area (Å²) in [7, 11) is 0. The molecule has 0 amide bonds. The van der Waals surface area contributed by atoms with E-state index in [1.807, 2.05) is 24.3 Å². The third-order valence-electron chi connectivity index (χ3n) is 2.54. The molecule has 3 nitrogen and oxygen atoms in total. The molecule has 0 bridgehead atoms. The predicted molar refractivity (Wildman–Crippen MR) is 69.1 cm³/mol. The molecule has 1 aromatic rings. The zero-order valence-electron chi connectivity index (χ0n) is 9.29. The Morgan fingerprint density at radius 1 is 1.44 bits per heavy atom. The molecule has 1 heterocycles. The fraction of sp³-hybridized carbons (Fsp3) is 0.333. The van der Waals surface area contributed by atoms with Gasteiger partial charge in [-0.15, -0.1) is 0 Å². The van der Waals surface area contributed by atoms with E-state index in [0.29, 0.717) is 6.42 Å². The molecule has 1 aliphatic heterocycles. The first-order valence-electron chi connectivity index (χ1n) is 5.34. The van der Waals surface area contributed by atoms with Crippen LogP contribution < -0.4 is 10.6 Å². The van der Waals surface area contributed by atoms with Crippen molar-refractivity contribution in [2.24, 2.45) is 0 Å². The van der Waals surface area contributed by atoms with Crippen molar-refractivity contribution >= 4 is 17.4 Å². The third kappa shape index (κ3) is 2.51. The normalized spacial score (nSPS) is 15.1. The highest BCUT2D eigenvalue weighted by Crippen LogP contribution is 2.27. The van der Waals surface area contributed by atoms with Crippen LogP contribution in [0, 0.1) is 0 Å². The van der Waals surface area contributed by atoms with Crippen LogP contribution in [-0.2, 0) is 6.42 Å². The Hall–Kier alpha value is -1.13. The van der Waals surface area contributed by atoms with E-state index < -0.39 is 0 Å². The smallest absolute Gasteiger partial charge is 0.0933 e. The first kappa shape index (κ1) is 11.4. The number of hydrogen-bond acceptors (Lipinski definition) is 4. The molecule has 1 aromatic carbocycles. The molecule has 0 aromatic heterocycles. The maximum Gasteiger partial charge on any atom is 0.0933 e. The van der Waals surface area contributed by atoms with Crippen molar-refractivity contribution in [1.29, 1.82) is 0 Å². The first-order chi connectivity index (χ1) is 7.81. The minimum atomic E-state index is 0.183. The van der Waals surface area contributed by atoms with Crippen LogP contribution in [0.25, 0.3) is 0 Å². The van der Waals surface area contributed by atoms with Crippen LogP contribution in [0.3, 0.4) is 0 Å². The van der Waals surface area contributed by atoms with Gasteiger partial charge in [0, 0.05) is 18.0 Å². The Labute approximate surface area is 99.9 Å². The molecule has 0 unspecified atom stereocenters. The molecule has 0 aliphatic carbocycles. The van der Waals surface area contributed by atoms with E-state index >= 15 is 0 Å². The molecule has 0 radical (unpaired) electrons. The highest BCUT2D eigenvalue weighted by atomic mass is 32.2. The van der Waals surface area contributed by atoms with Gasteiger partial charge in [-0.05, 0) is 25.0 Å². The van der Waals surface area contributed by atoms with E-state index in [2.05, 4.69) is 17.6 Å². The van der Waals surface area contributed by atoms with Gasteiger partial charge in [-0.25, -0.2) is 0 Å². The van der Waals surface area contributed by atoms with E-state index in [1.165, 1.54) is 10.7 Å². The molecule has 0 spiro atoms. The second kappa shape index (κ2) is 5.27. The van der Waals surface area contributed by atoms with Crippen molar-refractivity contribution in [3.63, 3.8) is 0 Å². The SMILES string of the molecule is CC1=C(Nc2ccccc2CCO)SCN1. The maximum atomic E-state index is 9.00. The van der Waals surface area contributed by atoms with Crippen LogP contribution in [0.4, 0.5) is 5.69 Å². The largest absolute Gasteiger partial charge is 0.396 e. The van der Waals surface area contributed by atoms with Crippen LogP contribution in [-0.4, -0.2) is 17.6 Å². The minimum absolute atomic E-state index is 0.183. The van der Waals surface area contributed by atoms with Crippen molar-refractivity contribution < 1.29 is 5.11 Å². The van der Waals surface area contributed by atoms with Crippen LogP contribution in [0.1, 0.15) is 12.5 Å². The molecule has 0 fully saturated rings. The number of benzene rings is 1. The van der Waals surface area contributed by atoms with E-state index in [4.69, 9.17) is 5.11 Å². The number of para-hydroxylation sites is 1. The standard InChI is InChI=1S/C12H16N2OS/c1-9-12(16-8-13-9)14-11-5-3-2-4-10(11)6-7-15/h2-5,13-15H,6-8H2,1H3. The zero-order valence-corrected chi connectivity index (χ0v) is 10.1. The van der Waals surface area contributed by atoms with Gasteiger partial charge in [0.2, 0.25) is 0 Å². The number of nitrogens with one attached hydrogen (secondary N) is 2. The lowest BCUT2D eigenvalue weighted by atomic mass is 10.1. The summed E-state index contributed by atoms with van der Waals surface area (Å²) in [5.41, 5.74) is 3.42. The Bertz CT molecular complexity index is 404. The van der Waals surface area contributed by atoms with Crippen molar-refractivity contribution in [3.8, 4) is 0 Å². The number of thioether (sulfide) groups is 1. The van der Waals surface area contributed by atoms with E-state index in [-0.39, 0.29) is 6.61 Å². The molecule has 1 aliphatic rings. The lowest BCUT2D eigenvalue weighted by molar-refractivity contribution is 0.300. The highest BCUT2D eigenvalue weighted by molar-refractivity contribution is 8.03. The van der Waals surface area contributed by atoms with Crippen LogP contribution >= 0.6 is 11.8 Å². The van der Waals surface area contributed by atoms with Gasteiger partial charge in [0.1, 0.15) is 0 Å². The van der Waals surface area contributed by atoms with Crippen molar-refractivity contribution in [2.75, 3.05) is 17.8 Å². The minimum Gasteiger partial charge on any atom is -0.396 e. The first-order valence-corrected chi connectivity index (χ1v) is 6.33. The summed E-state index contributed by atoms with van der Waals surface area (Å²) in [4.78, 5) is 0. The molecule has 86 valence electrons. The average molecular weight is 236 g/mol. The summed E-state index contributed by atoms with van der Waals surface area (Å²) in [6.45, 7) is 2.25. The third-order valence-corrected chi connectivity index (χ3v) is 3.53. The number of allylic oxidation sites excluding steroid dienone is 1. The van der Waals surface area contributed by atoms with E-state index in [1.54, 1.807) is 11.8 Å². The van der Waals surface area contributed by atoms with Crippen molar-refractivity contribution in [3.05, 3.63) is 40.6 Å². The molecular formula is C12H16N2OS. The fourth-order valence-electron chi connectivity index (χ4n) is 1.64. The Morgan fingerprint density at radius 2 is 2.25 bits per heavy atom. The molecule has 0 atom stereocenters. The summed E-state index contributed by atoms with van der Waals surface area (Å²) >= 11 is 1.77. The zero-order chi connectivity index (χ0) is 11.4. The molecule has 16 heavy (non-hydrogen) atoms. The quantitative estimate of drug-likeness (QED) is 0.749. The van der Waals surface area contributed by atoms with Gasteiger partial charge in [0.15, 0.2) is 0 Å². The number of aliphatic hydroxyl groups is 1. The lowest BCUT2D eigenvalue weighted by Gasteiger charge is -2.11. The van der Waals surface area contributed by atoms with Crippen LogP contribution in [0.15, 0.2) is 35.0 Å². The van der Waals surface area contributed by atoms with E-state index in [9.17, 15) is 0 Å². The van der Waals surface area contributed by atoms with Crippen LogP contribution in [0.2, 0.25) is 0 Å². The number of aliphatic hydroxyl groups excluding tert-OH is 1. The molecule has 4 heteroatoms. The summed E-state index contributed by atoms with van der Waals surface area (Å²) in [5, 5.41) is 16.9. The second-order valence-corrected chi connectivity index (χ2v) is 4.66. The number of hydrogen-bond donors (Lipinski definition) is 3. The predicted octanol–water partition coefficient (Wildman–Crippen LogP) is 2.12. The van der Waals surface area contributed by atoms with Gasteiger partial charge >= 0.3 is 0 Å². The van der Waals surface area contributed by atoms with Crippen molar-refractivity contribution in [2.45, 2.75) is 13.3 Å². The van der Waals surface area contributed by atoms with Crippen molar-refractivity contribution in [1.82, 2.24) is 5.32 Å². The number of anilines is 1. The summed E-state index contributed by atoms with van der Waals surface area (Å²) in [6.07, 6.45) is 0.688. The van der Waals surface area contributed by atoms with Gasteiger partial charge in [-0.3, -0.25) is 0 Å². The van der Waals surface area contributed by atoms with Crippen LogP contribution in [0.5, 0.6) is 0 Å². The Morgan fingerprint density at radius 3 is 2.94 bits per heavy atom. The molecular weight excluding hydrogens is 220 g/mol. The van der Waals surface area contributed by atoms with Gasteiger partial charge in [-0.1, -0.05) is 30.0 Å². The molecule has 3 N–H and O–H groups in total. The summed E-state index contributed by atoms with van der Waals surface area (Å²) in [5.74, 6) is 0.927. The second-order valence-electron chi connectivity index (χ2n) is 3.68. The lowest BCUT2D eigenvalue weighted by Crippen LogP contribution is -2.05. The fourth-order valence-corrected chi connectivity index (χ4v) is 2.54. The highest BCUT2D eigenvalue weighted by Gasteiger charge is 2.11. The van der Waals surface area contributed by atoms with Gasteiger partial charge in [-0.2, -0.15) is 0 Å². The number of rotatable bonds is 4. The summed E-state index contributed by atoms with van der Waals surface area (Å²) < 4.78 is 0. The van der Waals surface area contributed by atoms with Gasteiger partial charge in [0.05, 0.1) is 10.9 Å². The maximum absolute atomic E-state index is 9.00. The molecule has 0 saturated carbocycles. The Kier molecular flexibility index (Phi) is 3.74. The Balaban J connectivity index is 2.17.